The quantitative estimate of drug-likeness (QED) is 0.219. The summed E-state index contributed by atoms with van der Waals surface area (Å²) < 4.78 is 28.5. The number of likely N-dealkylation sites (tertiary alicyclic amines) is 1. The number of carbonyl (C=O) groups is 4. The number of hydrogen-bond acceptors (Lipinski definition) is 5. The molecule has 10 heteroatoms. The Morgan fingerprint density at radius 1 is 0.886 bits per heavy atom. The molecule has 2 heterocycles. The van der Waals surface area contributed by atoms with E-state index < -0.39 is 46.9 Å². The van der Waals surface area contributed by atoms with E-state index in [1.54, 1.807) is 37.3 Å². The molecule has 0 bridgehead atoms. The van der Waals surface area contributed by atoms with E-state index in [2.05, 4.69) is 5.32 Å². The van der Waals surface area contributed by atoms with Crippen molar-refractivity contribution in [1.29, 1.82) is 0 Å². The molecule has 0 radical (unpaired) electrons. The van der Waals surface area contributed by atoms with Gasteiger partial charge in [0.25, 0.3) is 5.91 Å². The summed E-state index contributed by atoms with van der Waals surface area (Å²) in [6.45, 7) is 6.40. The molecule has 1 aliphatic rings. The molecule has 0 aliphatic carbocycles. The number of ketones is 1. The molecule has 1 aliphatic heterocycles. The van der Waals surface area contributed by atoms with E-state index in [4.69, 9.17) is 0 Å². The van der Waals surface area contributed by atoms with Crippen molar-refractivity contribution in [2.75, 3.05) is 5.32 Å². The number of benzene rings is 3. The molecule has 4 atom stereocenters. The lowest BCUT2D eigenvalue weighted by Gasteiger charge is -2.38. The molecule has 1 fully saturated rings. The molecule has 5 rings (SSSR count). The van der Waals surface area contributed by atoms with Crippen LogP contribution < -0.4 is 5.32 Å². The average molecular weight is 617 g/mol. The van der Waals surface area contributed by atoms with Gasteiger partial charge >= 0.3 is 5.97 Å². The summed E-state index contributed by atoms with van der Waals surface area (Å²) in [4.78, 5) is 56.9. The number of carbonyl (C=O) groups excluding carboxylic acids is 3. The van der Waals surface area contributed by atoms with E-state index >= 15 is 0 Å². The molecule has 226 valence electrons. The van der Waals surface area contributed by atoms with Crippen molar-refractivity contribution < 1.29 is 33.1 Å². The van der Waals surface area contributed by atoms with Crippen LogP contribution in [0.25, 0.3) is 0 Å². The van der Waals surface area contributed by atoms with E-state index in [1.807, 2.05) is 6.92 Å². The Labute approximate surface area is 257 Å². The van der Waals surface area contributed by atoms with E-state index in [-0.39, 0.29) is 17.3 Å². The molecule has 0 spiro atoms. The smallest absolute Gasteiger partial charge is 0.330 e. The minimum absolute atomic E-state index is 0.0972. The van der Waals surface area contributed by atoms with Crippen molar-refractivity contribution in [1.82, 2.24) is 4.90 Å². The zero-order chi connectivity index (χ0) is 31.9. The summed E-state index contributed by atoms with van der Waals surface area (Å²) in [5.74, 6) is -6.33. The number of rotatable bonds is 7. The van der Waals surface area contributed by atoms with Crippen molar-refractivity contribution in [3.05, 3.63) is 123 Å². The highest BCUT2D eigenvalue weighted by atomic mass is 32.1. The predicted octanol–water partition coefficient (Wildman–Crippen LogP) is 6.92. The fourth-order valence-corrected chi connectivity index (χ4v) is 7.27. The number of hydrogen-bond donors (Lipinski definition) is 2. The first-order chi connectivity index (χ1) is 20.8. The monoisotopic (exact) mass is 616 g/mol. The molecule has 0 saturated carbocycles. The lowest BCUT2D eigenvalue weighted by Crippen LogP contribution is -2.54. The second-order valence-corrected chi connectivity index (χ2v) is 12.6. The molecule has 4 aromatic rings. The number of aryl methyl sites for hydroxylation is 2. The molecule has 2 amide bonds. The number of aliphatic carboxylic acids is 1. The maximum atomic E-state index is 14.7. The number of nitrogens with zero attached hydrogens (tertiary/aromatic N) is 1. The van der Waals surface area contributed by atoms with Crippen molar-refractivity contribution in [3.63, 3.8) is 0 Å². The SMILES string of the molecule is CC(=O)Nc1ccc(C2C(C(=O)c3cc(C)sc3C)C(c3ccc(F)cc3)N(C(=O)c3cccc(F)c3)C2(C)C(=O)O)cc1. The number of anilines is 1. The highest BCUT2D eigenvalue weighted by Gasteiger charge is 2.65. The maximum absolute atomic E-state index is 14.7. The fourth-order valence-electron chi connectivity index (χ4n) is 6.34. The number of halogens is 2. The van der Waals surface area contributed by atoms with Gasteiger partial charge in [-0.2, -0.15) is 0 Å². The van der Waals surface area contributed by atoms with Crippen LogP contribution in [0.5, 0.6) is 0 Å². The van der Waals surface area contributed by atoms with Crippen LogP contribution in [0, 0.1) is 31.4 Å². The highest BCUT2D eigenvalue weighted by molar-refractivity contribution is 7.12. The van der Waals surface area contributed by atoms with Gasteiger partial charge in [-0.3, -0.25) is 14.4 Å². The third-order valence-electron chi connectivity index (χ3n) is 8.22. The topological polar surface area (TPSA) is 104 Å². The fraction of sp³-hybridized carbons (Fsp3) is 0.235. The van der Waals surface area contributed by atoms with Gasteiger partial charge in [0.05, 0.1) is 12.0 Å². The lowest BCUT2D eigenvalue weighted by molar-refractivity contribution is -0.148. The average Bonchev–Trinajstić information content (AvgIpc) is 3.46. The van der Waals surface area contributed by atoms with Crippen LogP contribution in [0.1, 0.15) is 67.4 Å². The van der Waals surface area contributed by atoms with Crippen molar-refractivity contribution in [2.45, 2.75) is 45.2 Å². The minimum Gasteiger partial charge on any atom is -0.479 e. The Balaban J connectivity index is 1.81. The number of nitrogens with one attached hydrogen (secondary N) is 1. The number of carboxylic acid groups (broad SMARTS) is 1. The van der Waals surface area contributed by atoms with Crippen LogP contribution in [-0.4, -0.2) is 39.1 Å². The third kappa shape index (κ3) is 5.41. The minimum atomic E-state index is -2.03. The van der Waals surface area contributed by atoms with E-state index in [0.29, 0.717) is 22.4 Å². The summed E-state index contributed by atoms with van der Waals surface area (Å²) in [6, 6.07) is 17.2. The highest BCUT2D eigenvalue weighted by Crippen LogP contribution is 2.57. The van der Waals surface area contributed by atoms with E-state index in [0.717, 1.165) is 20.7 Å². The van der Waals surface area contributed by atoms with Crippen molar-refractivity contribution in [3.8, 4) is 0 Å². The Kier molecular flexibility index (Phi) is 8.22. The number of carboxylic acids is 1. The molecule has 4 unspecified atom stereocenters. The number of Topliss-reactive ketones (excluding diaryl/α,β-unsaturated/α-hetero) is 1. The van der Waals surface area contributed by atoms with Crippen LogP contribution in [0.2, 0.25) is 0 Å². The number of amides is 2. The van der Waals surface area contributed by atoms with Gasteiger partial charge in [-0.25, -0.2) is 13.6 Å². The van der Waals surface area contributed by atoms with Crippen LogP contribution in [-0.2, 0) is 9.59 Å². The van der Waals surface area contributed by atoms with Gasteiger partial charge in [0.15, 0.2) is 5.78 Å². The molecular weight excluding hydrogens is 586 g/mol. The van der Waals surface area contributed by atoms with Crippen molar-refractivity contribution >= 4 is 40.6 Å². The van der Waals surface area contributed by atoms with Crippen LogP contribution in [0.4, 0.5) is 14.5 Å². The van der Waals surface area contributed by atoms with Crippen LogP contribution >= 0.6 is 11.3 Å². The molecule has 3 aromatic carbocycles. The van der Waals surface area contributed by atoms with Gasteiger partial charge in [0.1, 0.15) is 17.2 Å². The van der Waals surface area contributed by atoms with Crippen LogP contribution in [0.3, 0.4) is 0 Å². The maximum Gasteiger partial charge on any atom is 0.330 e. The van der Waals surface area contributed by atoms with Gasteiger partial charge in [-0.05, 0) is 80.4 Å². The number of thiophene rings is 1. The zero-order valence-electron chi connectivity index (χ0n) is 24.4. The molecule has 1 aromatic heterocycles. The summed E-state index contributed by atoms with van der Waals surface area (Å²) in [5, 5.41) is 13.6. The Bertz CT molecular complexity index is 1770. The van der Waals surface area contributed by atoms with Crippen molar-refractivity contribution in [2.24, 2.45) is 5.92 Å². The van der Waals surface area contributed by atoms with Gasteiger partial charge in [-0.15, -0.1) is 11.3 Å². The first-order valence-electron chi connectivity index (χ1n) is 13.9. The van der Waals surface area contributed by atoms with Gasteiger partial charge < -0.3 is 15.3 Å². The van der Waals surface area contributed by atoms with Gasteiger partial charge in [0.2, 0.25) is 5.91 Å². The molecule has 2 N–H and O–H groups in total. The summed E-state index contributed by atoms with van der Waals surface area (Å²) >= 11 is 1.42. The first kappa shape index (κ1) is 30.7. The standard InChI is InChI=1S/C34H30F2N2O5S/c1-18-16-27(19(2)44-18)31(40)28-29(21-10-14-26(15-11-21)37-20(3)39)34(4,33(42)43)38(30(28)22-8-12-24(35)13-9-22)32(41)23-6-5-7-25(36)17-23/h5-17,28-30H,1-4H3,(H,37,39)(H,42,43). The van der Waals surface area contributed by atoms with E-state index in [9.17, 15) is 33.1 Å². The molecule has 7 nitrogen and oxygen atoms in total. The van der Waals surface area contributed by atoms with Gasteiger partial charge in [0, 0.05) is 39.4 Å². The summed E-state index contributed by atoms with van der Waals surface area (Å²) in [5.41, 5.74) is -0.474. The normalized spacial score (nSPS) is 21.2. The molecule has 44 heavy (non-hydrogen) atoms. The molecule has 1 saturated heterocycles. The largest absolute Gasteiger partial charge is 0.479 e. The Morgan fingerprint density at radius 2 is 1.52 bits per heavy atom. The summed E-state index contributed by atoms with van der Waals surface area (Å²) in [7, 11) is 0. The Hall–Kier alpha value is -4.70. The van der Waals surface area contributed by atoms with Gasteiger partial charge in [-0.1, -0.05) is 30.3 Å². The predicted molar refractivity (Wildman–Crippen MR) is 163 cm³/mol. The summed E-state index contributed by atoms with van der Waals surface area (Å²) in [6.07, 6.45) is 0. The second kappa shape index (κ2) is 11.8. The zero-order valence-corrected chi connectivity index (χ0v) is 25.2. The van der Waals surface area contributed by atoms with Crippen LogP contribution in [0.15, 0.2) is 78.9 Å². The first-order valence-corrected chi connectivity index (χ1v) is 14.7. The molecular formula is C34H30F2N2O5S. The van der Waals surface area contributed by atoms with E-state index in [1.165, 1.54) is 67.6 Å². The third-order valence-corrected chi connectivity index (χ3v) is 9.18. The second-order valence-electron chi connectivity index (χ2n) is 11.1. The Morgan fingerprint density at radius 3 is 2.07 bits per heavy atom. The lowest BCUT2D eigenvalue weighted by atomic mass is 9.71.